The van der Waals surface area contributed by atoms with E-state index >= 15 is 0 Å². The van der Waals surface area contributed by atoms with E-state index in [1.807, 2.05) is 0 Å². The fourth-order valence-electron chi connectivity index (χ4n) is 3.74. The fourth-order valence-corrected chi connectivity index (χ4v) is 7.56. The number of carbonyl (C=O) groups excluding carboxylic acids is 2. The Morgan fingerprint density at radius 3 is 2.18 bits per heavy atom. The number of phenols is 1. The van der Waals surface area contributed by atoms with E-state index in [9.17, 15) is 44.1 Å². The summed E-state index contributed by atoms with van der Waals surface area (Å²) in [4.78, 5) is 71.6. The van der Waals surface area contributed by atoms with Gasteiger partial charge in [0.05, 0.1) is 10.6 Å². The average Bonchev–Trinajstić information content (AvgIpc) is 2.96. The third-order valence-electron chi connectivity index (χ3n) is 6.02. The molecule has 4 atom stereocenters. The van der Waals surface area contributed by atoms with E-state index in [1.165, 1.54) is 0 Å². The first-order chi connectivity index (χ1) is 20.7. The highest BCUT2D eigenvalue weighted by Crippen LogP contribution is 2.52. The number of nitrogens with two attached hydrogens (primary N) is 3. The lowest BCUT2D eigenvalue weighted by molar-refractivity contribution is -0.139. The van der Waals surface area contributed by atoms with Crippen LogP contribution in [0.3, 0.4) is 0 Å². The lowest BCUT2D eigenvalue weighted by Gasteiger charge is -2.30. The topological polar surface area (TPSA) is 318 Å². The third kappa shape index (κ3) is 10.3. The molecule has 17 nitrogen and oxygen atoms in total. The minimum Gasteiger partial charge on any atom is -0.505 e. The van der Waals surface area contributed by atoms with Gasteiger partial charge in [0.25, 0.3) is 0 Å². The monoisotopic (exact) mass is 678 g/mol. The van der Waals surface area contributed by atoms with Crippen LogP contribution < -0.4 is 33.2 Å². The first-order valence-corrected chi connectivity index (χ1v) is 15.9. The highest BCUT2D eigenvalue weighted by molar-refractivity contribution is 8.02. The first kappa shape index (κ1) is 36.8. The minimum absolute atomic E-state index is 0.0712. The molecule has 0 fully saturated rings. The van der Waals surface area contributed by atoms with Crippen LogP contribution in [0.1, 0.15) is 18.4 Å². The van der Waals surface area contributed by atoms with Gasteiger partial charge in [-0.1, -0.05) is 0 Å². The fraction of sp³-hybridized carbons (Fsp3) is 0.500. The predicted octanol–water partition coefficient (Wildman–Crippen LogP) is -1.66. The summed E-state index contributed by atoms with van der Waals surface area (Å²) in [6.45, 7) is -0.673. The quantitative estimate of drug-likeness (QED) is 0.0611. The molecule has 0 unspecified atom stereocenters. The maximum Gasteiger partial charge on any atom is 0.327 e. The Kier molecular flexibility index (Phi) is 14.3. The van der Waals surface area contributed by atoms with Crippen molar-refractivity contribution < 1.29 is 54.3 Å². The van der Waals surface area contributed by atoms with E-state index in [0.29, 0.717) is 15.4 Å². The number of hydrogen-bond acceptors (Lipinski definition) is 14. The Labute approximate surface area is 263 Å². The van der Waals surface area contributed by atoms with Gasteiger partial charge in [0, 0.05) is 33.5 Å². The number of hydrogen-bond donors (Lipinski definition) is 11. The number of thioether (sulfide) groups is 3. The van der Waals surface area contributed by atoms with Crippen molar-refractivity contribution in [1.82, 2.24) is 10.6 Å². The highest BCUT2D eigenvalue weighted by Gasteiger charge is 2.33. The Morgan fingerprint density at radius 1 is 0.977 bits per heavy atom. The largest absolute Gasteiger partial charge is 0.505 e. The molecule has 244 valence electrons. The van der Waals surface area contributed by atoms with Crippen molar-refractivity contribution in [3.8, 4) is 5.75 Å². The van der Waals surface area contributed by atoms with Crippen LogP contribution >= 0.6 is 35.3 Å². The van der Waals surface area contributed by atoms with E-state index < -0.39 is 66.4 Å². The molecule has 0 aliphatic carbocycles. The summed E-state index contributed by atoms with van der Waals surface area (Å²) in [5.74, 6) is -7.32. The van der Waals surface area contributed by atoms with Crippen molar-refractivity contribution in [1.29, 1.82) is 0 Å². The number of fused-ring (bicyclic) bond motifs is 1. The zero-order valence-electron chi connectivity index (χ0n) is 23.1. The molecule has 0 saturated heterocycles. The van der Waals surface area contributed by atoms with Crippen molar-refractivity contribution in [2.45, 2.75) is 58.1 Å². The Morgan fingerprint density at radius 2 is 1.61 bits per heavy atom. The maximum atomic E-state index is 12.8. The molecule has 0 saturated carbocycles. The highest BCUT2D eigenvalue weighted by atomic mass is 32.2. The molecule has 0 radical (unpaired) electrons. The number of carbonyl (C=O) groups is 6. The predicted molar refractivity (Wildman–Crippen MR) is 161 cm³/mol. The second kappa shape index (κ2) is 17.2. The summed E-state index contributed by atoms with van der Waals surface area (Å²) in [6, 6.07) is -5.00. The Bertz CT molecular complexity index is 1290. The van der Waals surface area contributed by atoms with Crippen LogP contribution in [0, 0.1) is 0 Å². The normalized spacial score (nSPS) is 16.0. The molecule has 14 N–H and O–H groups in total. The summed E-state index contributed by atoms with van der Waals surface area (Å²) in [7, 11) is 0. The van der Waals surface area contributed by atoms with E-state index in [2.05, 4.69) is 16.0 Å². The summed E-state index contributed by atoms with van der Waals surface area (Å²) in [5, 5.41) is 55.5. The zero-order chi connectivity index (χ0) is 33.1. The lowest BCUT2D eigenvalue weighted by Crippen LogP contribution is -2.49. The third-order valence-corrected chi connectivity index (χ3v) is 9.84. The molecule has 0 spiro atoms. The molecule has 1 aromatic carbocycles. The van der Waals surface area contributed by atoms with Crippen LogP contribution in [0.2, 0.25) is 0 Å². The van der Waals surface area contributed by atoms with Crippen molar-refractivity contribution in [2.75, 3.05) is 35.7 Å². The average molecular weight is 679 g/mol. The van der Waals surface area contributed by atoms with Crippen LogP contribution in [-0.2, 0) is 35.2 Å². The number of nitrogens with one attached hydrogen (secondary N) is 3. The SMILES string of the molecule is NCCc1c(SC[C@H](NC(=O)CC[C@H](N)C(=O)O)C(=O)NCC(=O)O)c(O)c2c(c1SC[C@H](N)C(=O)O)SC[C@@H](C(=O)O)N2. The van der Waals surface area contributed by atoms with Gasteiger partial charge in [-0.15, -0.1) is 35.3 Å². The molecule has 0 bridgehead atoms. The molecule has 1 aromatic rings. The number of carboxylic acids is 4. The molecule has 1 aliphatic heterocycles. The number of carboxylic acid groups (broad SMARTS) is 4. The summed E-state index contributed by atoms with van der Waals surface area (Å²) < 4.78 is 0. The van der Waals surface area contributed by atoms with Crippen LogP contribution in [0.25, 0.3) is 0 Å². The van der Waals surface area contributed by atoms with Gasteiger partial charge < -0.3 is 58.7 Å². The molecule has 0 aromatic heterocycles. The zero-order valence-corrected chi connectivity index (χ0v) is 25.6. The Balaban J connectivity index is 2.50. The van der Waals surface area contributed by atoms with Crippen molar-refractivity contribution >= 4 is 76.7 Å². The van der Waals surface area contributed by atoms with Gasteiger partial charge in [0.1, 0.15) is 30.7 Å². The standard InChI is InChI=1S/C24H34N6O11S3/c25-4-3-9-18(43-7-12(21(35)28-5-15(32)33)29-14(31)2-1-10(26)22(36)37)17(34)16-20(44-8-13(30-16)24(40)41)19(9)42-6-11(27)23(38)39/h10-13,30,34H,1-8,25-27H2,(H,28,35)(H,29,31)(H,32,33)(H,36,37)(H,38,39)(H,40,41)/t10-,11-,12-,13-/m0/s1. The molecule has 44 heavy (non-hydrogen) atoms. The number of benzene rings is 1. The number of aliphatic carboxylic acids is 4. The number of anilines is 1. The smallest absolute Gasteiger partial charge is 0.327 e. The molecule has 1 heterocycles. The molecule has 2 rings (SSSR count). The number of phenolic OH excluding ortho intramolecular Hbond substituents is 1. The maximum absolute atomic E-state index is 12.8. The molecular formula is C24H34N6O11S3. The van der Waals surface area contributed by atoms with Gasteiger partial charge in [-0.2, -0.15) is 0 Å². The van der Waals surface area contributed by atoms with Gasteiger partial charge in [-0.3, -0.25) is 24.0 Å². The van der Waals surface area contributed by atoms with Crippen LogP contribution in [0.4, 0.5) is 5.69 Å². The van der Waals surface area contributed by atoms with Crippen molar-refractivity contribution in [2.24, 2.45) is 17.2 Å². The molecule has 2 amide bonds. The van der Waals surface area contributed by atoms with Gasteiger partial charge >= 0.3 is 23.9 Å². The summed E-state index contributed by atoms with van der Waals surface area (Å²) >= 11 is 3.10. The van der Waals surface area contributed by atoms with Gasteiger partial charge in [-0.25, -0.2) is 4.79 Å². The first-order valence-electron chi connectivity index (χ1n) is 12.9. The van der Waals surface area contributed by atoms with E-state index in [-0.39, 0.29) is 59.4 Å². The van der Waals surface area contributed by atoms with Crippen LogP contribution in [0.15, 0.2) is 14.7 Å². The van der Waals surface area contributed by atoms with E-state index in [0.717, 1.165) is 35.3 Å². The van der Waals surface area contributed by atoms with Gasteiger partial charge in [-0.05, 0) is 24.9 Å². The van der Waals surface area contributed by atoms with Gasteiger partial charge in [0.2, 0.25) is 11.8 Å². The number of aromatic hydroxyl groups is 1. The minimum atomic E-state index is -1.36. The second-order valence-corrected chi connectivity index (χ2v) is 12.4. The van der Waals surface area contributed by atoms with Crippen LogP contribution in [-0.4, -0.2) is 116 Å². The van der Waals surface area contributed by atoms with E-state index in [4.69, 9.17) is 27.4 Å². The number of rotatable bonds is 18. The lowest BCUT2D eigenvalue weighted by atomic mass is 10.1. The summed E-state index contributed by atoms with van der Waals surface area (Å²) in [5.41, 5.74) is 17.6. The second-order valence-electron chi connectivity index (χ2n) is 9.36. The Hall–Kier alpha value is -3.43. The van der Waals surface area contributed by atoms with Gasteiger partial charge in [0.15, 0.2) is 5.75 Å². The molecular weight excluding hydrogens is 644 g/mol. The molecule has 1 aliphatic rings. The number of amides is 2. The van der Waals surface area contributed by atoms with Crippen molar-refractivity contribution in [3.63, 3.8) is 0 Å². The van der Waals surface area contributed by atoms with E-state index in [1.54, 1.807) is 0 Å². The van der Waals surface area contributed by atoms with Crippen LogP contribution in [0.5, 0.6) is 5.75 Å². The van der Waals surface area contributed by atoms with Crippen molar-refractivity contribution in [3.05, 3.63) is 5.56 Å². The summed E-state index contributed by atoms with van der Waals surface area (Å²) in [6.07, 6.45) is -0.422. The molecule has 20 heteroatoms.